The van der Waals surface area contributed by atoms with Gasteiger partial charge < -0.3 is 15.0 Å². The second-order valence-electron chi connectivity index (χ2n) is 6.08. The topological polar surface area (TPSA) is 63.2 Å². The molecule has 3 heterocycles. The van der Waals surface area contributed by atoms with E-state index in [1.807, 2.05) is 42.5 Å². The molecule has 1 saturated heterocycles. The van der Waals surface area contributed by atoms with Gasteiger partial charge in [-0.05, 0) is 12.1 Å². The van der Waals surface area contributed by atoms with E-state index >= 15 is 0 Å². The molecule has 0 saturated carbocycles. The molecule has 0 spiro atoms. The Balaban J connectivity index is 1.63. The van der Waals surface area contributed by atoms with Crippen LogP contribution >= 0.6 is 0 Å². The molecule has 132 valence electrons. The first-order valence-corrected chi connectivity index (χ1v) is 8.79. The summed E-state index contributed by atoms with van der Waals surface area (Å²) >= 11 is 0. The minimum absolute atomic E-state index is 0.585. The Morgan fingerprint density at radius 2 is 1.77 bits per heavy atom. The number of nitrogens with one attached hydrogen (secondary N) is 1. The molecule has 1 aliphatic rings. The first kappa shape index (κ1) is 16.5. The SMILES string of the molecule is c1ccc(-c2cc(N3CCOCC3)nc(NCc3ccccn3)n2)cc1. The van der Waals surface area contributed by atoms with Gasteiger partial charge in [0.15, 0.2) is 0 Å². The van der Waals surface area contributed by atoms with E-state index < -0.39 is 0 Å². The number of morpholine rings is 1. The van der Waals surface area contributed by atoms with Gasteiger partial charge in [-0.15, -0.1) is 0 Å². The summed E-state index contributed by atoms with van der Waals surface area (Å²) in [5, 5.41) is 3.31. The fourth-order valence-electron chi connectivity index (χ4n) is 2.90. The monoisotopic (exact) mass is 347 g/mol. The fraction of sp³-hybridized carbons (Fsp3) is 0.250. The molecule has 26 heavy (non-hydrogen) atoms. The summed E-state index contributed by atoms with van der Waals surface area (Å²) in [6, 6.07) is 18.1. The smallest absolute Gasteiger partial charge is 0.225 e. The van der Waals surface area contributed by atoms with Crippen molar-refractivity contribution in [3.8, 4) is 11.3 Å². The van der Waals surface area contributed by atoms with Gasteiger partial charge in [0, 0.05) is 30.9 Å². The number of benzene rings is 1. The quantitative estimate of drug-likeness (QED) is 0.765. The zero-order valence-corrected chi connectivity index (χ0v) is 14.5. The molecule has 6 heteroatoms. The lowest BCUT2D eigenvalue weighted by Crippen LogP contribution is -2.36. The van der Waals surface area contributed by atoms with Crippen LogP contribution in [0.2, 0.25) is 0 Å². The minimum Gasteiger partial charge on any atom is -0.378 e. The van der Waals surface area contributed by atoms with E-state index in [1.54, 1.807) is 6.20 Å². The number of aromatic nitrogens is 3. The number of nitrogens with zero attached hydrogens (tertiary/aromatic N) is 4. The summed E-state index contributed by atoms with van der Waals surface area (Å²) in [6.07, 6.45) is 1.79. The molecule has 0 radical (unpaired) electrons. The number of pyridine rings is 1. The summed E-state index contributed by atoms with van der Waals surface area (Å²) in [7, 11) is 0. The van der Waals surface area contributed by atoms with Crippen molar-refractivity contribution in [1.29, 1.82) is 0 Å². The third-order valence-corrected chi connectivity index (χ3v) is 4.27. The predicted octanol–water partition coefficient (Wildman–Crippen LogP) is 2.99. The molecule has 1 N–H and O–H groups in total. The summed E-state index contributed by atoms with van der Waals surface area (Å²) < 4.78 is 5.46. The van der Waals surface area contributed by atoms with Gasteiger partial charge in [-0.2, -0.15) is 4.98 Å². The highest BCUT2D eigenvalue weighted by Gasteiger charge is 2.15. The summed E-state index contributed by atoms with van der Waals surface area (Å²) in [5.41, 5.74) is 2.94. The Hall–Kier alpha value is -2.99. The number of rotatable bonds is 5. The van der Waals surface area contributed by atoms with Gasteiger partial charge in [0.25, 0.3) is 0 Å². The second-order valence-corrected chi connectivity index (χ2v) is 6.08. The molecule has 2 aromatic heterocycles. The highest BCUT2D eigenvalue weighted by Crippen LogP contribution is 2.24. The molecule has 3 aromatic rings. The molecular formula is C20H21N5O. The Morgan fingerprint density at radius 1 is 0.962 bits per heavy atom. The van der Waals surface area contributed by atoms with Gasteiger partial charge in [0.05, 0.1) is 31.1 Å². The van der Waals surface area contributed by atoms with Crippen molar-refractivity contribution in [3.63, 3.8) is 0 Å². The third kappa shape index (κ3) is 3.97. The van der Waals surface area contributed by atoms with Crippen molar-refractivity contribution < 1.29 is 4.74 Å². The van der Waals surface area contributed by atoms with E-state index in [1.165, 1.54) is 0 Å². The average Bonchev–Trinajstić information content (AvgIpc) is 2.74. The number of hydrogen-bond donors (Lipinski definition) is 1. The van der Waals surface area contributed by atoms with Crippen LogP contribution in [-0.4, -0.2) is 41.3 Å². The molecule has 4 rings (SSSR count). The van der Waals surface area contributed by atoms with Gasteiger partial charge in [0.2, 0.25) is 5.95 Å². The standard InChI is InChI=1S/C20H21N5O/c1-2-6-16(7-3-1)18-14-19(25-10-12-26-13-11-25)24-20(23-18)22-15-17-8-4-5-9-21-17/h1-9,14H,10-13,15H2,(H,22,23,24). The molecule has 1 aliphatic heterocycles. The largest absolute Gasteiger partial charge is 0.378 e. The average molecular weight is 347 g/mol. The van der Waals surface area contributed by atoms with Crippen LogP contribution in [0.15, 0.2) is 60.8 Å². The summed E-state index contributed by atoms with van der Waals surface area (Å²) in [4.78, 5) is 16.0. The van der Waals surface area contributed by atoms with Crippen LogP contribution < -0.4 is 10.2 Å². The highest BCUT2D eigenvalue weighted by atomic mass is 16.5. The van der Waals surface area contributed by atoms with Crippen molar-refractivity contribution in [2.24, 2.45) is 0 Å². The van der Waals surface area contributed by atoms with Crippen molar-refractivity contribution >= 4 is 11.8 Å². The number of hydrogen-bond acceptors (Lipinski definition) is 6. The maximum absolute atomic E-state index is 5.46. The van der Waals surface area contributed by atoms with Crippen LogP contribution in [0.4, 0.5) is 11.8 Å². The molecule has 0 amide bonds. The molecule has 1 fully saturated rings. The maximum atomic E-state index is 5.46. The Morgan fingerprint density at radius 3 is 2.54 bits per heavy atom. The number of anilines is 2. The lowest BCUT2D eigenvalue weighted by atomic mass is 10.1. The predicted molar refractivity (Wildman–Crippen MR) is 102 cm³/mol. The van der Waals surface area contributed by atoms with Crippen LogP contribution in [0.25, 0.3) is 11.3 Å². The summed E-state index contributed by atoms with van der Waals surface area (Å²) in [6.45, 7) is 3.71. The lowest BCUT2D eigenvalue weighted by Gasteiger charge is -2.28. The maximum Gasteiger partial charge on any atom is 0.225 e. The Kier molecular flexibility index (Phi) is 5.02. The molecule has 0 unspecified atom stereocenters. The van der Waals surface area contributed by atoms with Gasteiger partial charge >= 0.3 is 0 Å². The molecule has 0 aliphatic carbocycles. The zero-order chi connectivity index (χ0) is 17.6. The van der Waals surface area contributed by atoms with E-state index in [4.69, 9.17) is 14.7 Å². The normalized spacial score (nSPS) is 14.2. The molecule has 0 bridgehead atoms. The molecule has 0 atom stereocenters. The van der Waals surface area contributed by atoms with Crippen molar-refractivity contribution in [3.05, 3.63) is 66.5 Å². The Labute approximate surface area is 152 Å². The van der Waals surface area contributed by atoms with Gasteiger partial charge in [-0.25, -0.2) is 4.98 Å². The van der Waals surface area contributed by atoms with Gasteiger partial charge in [-0.1, -0.05) is 36.4 Å². The third-order valence-electron chi connectivity index (χ3n) is 4.27. The van der Waals surface area contributed by atoms with E-state index in [9.17, 15) is 0 Å². The van der Waals surface area contributed by atoms with E-state index in [0.717, 1.165) is 49.1 Å². The zero-order valence-electron chi connectivity index (χ0n) is 14.5. The Bertz CT molecular complexity index is 835. The van der Waals surface area contributed by atoms with Crippen molar-refractivity contribution in [2.75, 3.05) is 36.5 Å². The van der Waals surface area contributed by atoms with Crippen LogP contribution in [0.3, 0.4) is 0 Å². The van der Waals surface area contributed by atoms with E-state index in [2.05, 4.69) is 27.3 Å². The minimum atomic E-state index is 0.585. The lowest BCUT2D eigenvalue weighted by molar-refractivity contribution is 0.122. The summed E-state index contributed by atoms with van der Waals surface area (Å²) in [5.74, 6) is 1.53. The van der Waals surface area contributed by atoms with Crippen molar-refractivity contribution in [2.45, 2.75) is 6.54 Å². The van der Waals surface area contributed by atoms with E-state index in [-0.39, 0.29) is 0 Å². The van der Waals surface area contributed by atoms with Crippen LogP contribution in [0, 0.1) is 0 Å². The molecule has 1 aromatic carbocycles. The van der Waals surface area contributed by atoms with Crippen LogP contribution in [-0.2, 0) is 11.3 Å². The first-order valence-electron chi connectivity index (χ1n) is 8.79. The van der Waals surface area contributed by atoms with Gasteiger partial charge in [0.1, 0.15) is 5.82 Å². The fourth-order valence-corrected chi connectivity index (χ4v) is 2.90. The van der Waals surface area contributed by atoms with Crippen LogP contribution in [0.5, 0.6) is 0 Å². The molecular weight excluding hydrogens is 326 g/mol. The highest BCUT2D eigenvalue weighted by molar-refractivity contribution is 5.64. The second kappa shape index (κ2) is 7.93. The van der Waals surface area contributed by atoms with Crippen LogP contribution in [0.1, 0.15) is 5.69 Å². The first-order chi connectivity index (χ1) is 12.9. The van der Waals surface area contributed by atoms with Gasteiger partial charge in [-0.3, -0.25) is 4.98 Å². The molecule has 6 nitrogen and oxygen atoms in total. The van der Waals surface area contributed by atoms with E-state index in [0.29, 0.717) is 12.5 Å². The van der Waals surface area contributed by atoms with Crippen molar-refractivity contribution in [1.82, 2.24) is 15.0 Å². The number of ether oxygens (including phenoxy) is 1.